The number of fused-ring (bicyclic) bond motifs is 2. The number of benzene rings is 2. The van der Waals surface area contributed by atoms with Crippen LogP contribution in [0.2, 0.25) is 0 Å². The molecular formula is C36H44N6O4S. The van der Waals surface area contributed by atoms with Crippen LogP contribution in [-0.4, -0.2) is 101 Å². The van der Waals surface area contributed by atoms with Crippen LogP contribution in [0, 0.1) is 17.8 Å². The molecule has 0 radical (unpaired) electrons. The van der Waals surface area contributed by atoms with E-state index >= 15 is 4.79 Å². The van der Waals surface area contributed by atoms with E-state index in [0.717, 1.165) is 23.9 Å². The quantitative estimate of drug-likeness (QED) is 0.263. The maximum atomic E-state index is 15.1. The number of para-hydroxylation sites is 1. The molecule has 3 aliphatic rings. The van der Waals surface area contributed by atoms with Crippen molar-refractivity contribution in [3.05, 3.63) is 85.5 Å². The molecule has 7 atom stereocenters. The van der Waals surface area contributed by atoms with Crippen molar-refractivity contribution >= 4 is 40.5 Å². The molecule has 3 amide bonds. The molecule has 47 heavy (non-hydrogen) atoms. The average Bonchev–Trinajstić information content (AvgIpc) is 3.80. The van der Waals surface area contributed by atoms with Gasteiger partial charge in [-0.3, -0.25) is 14.4 Å². The largest absolute Gasteiger partial charge is 0.394 e. The molecule has 11 heteroatoms. The van der Waals surface area contributed by atoms with Gasteiger partial charge in [-0.25, -0.2) is 4.68 Å². The fourth-order valence-electron chi connectivity index (χ4n) is 8.21. The van der Waals surface area contributed by atoms with Crippen molar-refractivity contribution in [2.75, 3.05) is 26.2 Å². The first kappa shape index (κ1) is 33.0. The van der Waals surface area contributed by atoms with E-state index < -0.39 is 28.7 Å². The van der Waals surface area contributed by atoms with E-state index in [0.29, 0.717) is 25.0 Å². The predicted molar refractivity (Wildman–Crippen MR) is 183 cm³/mol. The van der Waals surface area contributed by atoms with Crippen molar-refractivity contribution in [2.24, 2.45) is 17.8 Å². The Kier molecular flexibility index (Phi) is 9.57. The molecule has 4 heterocycles. The fraction of sp³-hybridized carbons (Fsp3) is 0.472. The van der Waals surface area contributed by atoms with Crippen LogP contribution in [0.4, 0.5) is 0 Å². The summed E-state index contributed by atoms with van der Waals surface area (Å²) in [5, 5.41) is 19.4. The number of hydrogen-bond donors (Lipinski definition) is 1. The lowest BCUT2D eigenvalue weighted by Gasteiger charge is -2.42. The second kappa shape index (κ2) is 13.6. The van der Waals surface area contributed by atoms with Gasteiger partial charge in [0.05, 0.1) is 34.7 Å². The summed E-state index contributed by atoms with van der Waals surface area (Å²) in [6.07, 6.45) is 5.30. The zero-order chi connectivity index (χ0) is 33.3. The summed E-state index contributed by atoms with van der Waals surface area (Å²) in [4.78, 5) is 49.5. The molecule has 0 aliphatic carbocycles. The zero-order valence-corrected chi connectivity index (χ0v) is 28.0. The second-order valence-electron chi connectivity index (χ2n) is 13.0. The van der Waals surface area contributed by atoms with Crippen LogP contribution in [0.1, 0.15) is 32.3 Å². The van der Waals surface area contributed by atoms with Gasteiger partial charge in [-0.1, -0.05) is 73.7 Å². The first-order valence-electron chi connectivity index (χ1n) is 16.5. The van der Waals surface area contributed by atoms with Gasteiger partial charge in [-0.05, 0) is 42.9 Å². The van der Waals surface area contributed by atoms with E-state index in [-0.39, 0.29) is 48.7 Å². The Morgan fingerprint density at radius 3 is 2.49 bits per heavy atom. The van der Waals surface area contributed by atoms with E-state index in [1.54, 1.807) is 43.3 Å². The molecule has 1 spiro atoms. The molecule has 248 valence electrons. The third-order valence-electron chi connectivity index (χ3n) is 10.2. The summed E-state index contributed by atoms with van der Waals surface area (Å²) in [5.41, 5.74) is 2.46. The fourth-order valence-corrected chi connectivity index (χ4v) is 10.6. The number of hydrogen-bond acceptors (Lipinski definition) is 7. The highest BCUT2D eigenvalue weighted by Gasteiger charge is 2.77. The first-order valence-corrected chi connectivity index (χ1v) is 17.4. The Balaban J connectivity index is 1.44. The third-order valence-corrected chi connectivity index (χ3v) is 12.2. The minimum atomic E-state index is -0.891. The van der Waals surface area contributed by atoms with Gasteiger partial charge >= 0.3 is 0 Å². The smallest absolute Gasteiger partial charge is 0.248 e. The molecule has 3 aromatic rings. The Morgan fingerprint density at radius 1 is 1.09 bits per heavy atom. The summed E-state index contributed by atoms with van der Waals surface area (Å²) in [6, 6.07) is 15.7. The van der Waals surface area contributed by atoms with Gasteiger partial charge in [-0.2, -0.15) is 0 Å². The highest BCUT2D eigenvalue weighted by atomic mass is 32.2. The molecule has 10 nitrogen and oxygen atoms in total. The molecule has 1 N–H and O–H groups in total. The molecule has 3 saturated heterocycles. The van der Waals surface area contributed by atoms with Crippen LogP contribution < -0.4 is 0 Å². The number of aromatic nitrogens is 3. The van der Waals surface area contributed by atoms with Gasteiger partial charge in [0, 0.05) is 24.9 Å². The van der Waals surface area contributed by atoms with Gasteiger partial charge in [-0.15, -0.1) is 30.0 Å². The summed E-state index contributed by atoms with van der Waals surface area (Å²) >= 11 is 1.65. The van der Waals surface area contributed by atoms with Gasteiger partial charge in [0.15, 0.2) is 0 Å². The van der Waals surface area contributed by atoms with Gasteiger partial charge < -0.3 is 19.8 Å². The summed E-state index contributed by atoms with van der Waals surface area (Å²) in [7, 11) is 0. The molecular weight excluding hydrogens is 613 g/mol. The number of amides is 3. The van der Waals surface area contributed by atoms with E-state index in [1.807, 2.05) is 61.5 Å². The number of carbonyl (C=O) groups is 3. The zero-order valence-electron chi connectivity index (χ0n) is 27.1. The summed E-state index contributed by atoms with van der Waals surface area (Å²) < 4.78 is 0.854. The lowest BCUT2D eigenvalue weighted by molar-refractivity contribution is -0.147. The van der Waals surface area contributed by atoms with Gasteiger partial charge in [0.25, 0.3) is 0 Å². The molecule has 3 aliphatic heterocycles. The third kappa shape index (κ3) is 5.57. The number of rotatable bonds is 14. The van der Waals surface area contributed by atoms with Crippen molar-refractivity contribution in [1.82, 2.24) is 29.7 Å². The molecule has 3 fully saturated rings. The minimum Gasteiger partial charge on any atom is -0.394 e. The van der Waals surface area contributed by atoms with Crippen molar-refractivity contribution in [3.63, 3.8) is 0 Å². The number of likely N-dealkylation sites (tertiary alicyclic amines) is 1. The molecule has 2 aromatic carbocycles. The summed E-state index contributed by atoms with van der Waals surface area (Å²) in [5.74, 6) is -1.77. The van der Waals surface area contributed by atoms with Crippen LogP contribution in [0.5, 0.6) is 0 Å². The molecule has 6 rings (SSSR count). The number of aliphatic hydroxyl groups is 1. The maximum Gasteiger partial charge on any atom is 0.248 e. The Hall–Kier alpha value is -3.96. The van der Waals surface area contributed by atoms with Crippen molar-refractivity contribution in [1.29, 1.82) is 0 Å². The van der Waals surface area contributed by atoms with Gasteiger partial charge in [0.1, 0.15) is 18.2 Å². The Morgan fingerprint density at radius 2 is 1.79 bits per heavy atom. The highest BCUT2D eigenvalue weighted by molar-refractivity contribution is 8.02. The van der Waals surface area contributed by atoms with Crippen LogP contribution in [0.15, 0.2) is 79.9 Å². The normalized spacial score (nSPS) is 26.7. The van der Waals surface area contributed by atoms with Crippen molar-refractivity contribution < 1.29 is 19.5 Å². The molecule has 0 saturated carbocycles. The van der Waals surface area contributed by atoms with Crippen LogP contribution >= 0.6 is 11.8 Å². The Labute approximate surface area is 280 Å². The molecule has 3 unspecified atom stereocenters. The maximum absolute atomic E-state index is 15.1. The number of aliphatic hydroxyl groups excluding tert-OH is 1. The average molecular weight is 657 g/mol. The standard InChI is InChI=1S/C36H44N6O4S/c1-5-17-39(18-6-2)33(44)30-29-20-24(4)36(47-29)31(30)34(45)42(26(22-43)21-25-13-9-8-10-14-25)32(36)35(46)40(19-7-3)23-41-28-16-12-11-15-27(28)37-38-41/h5,7-16,24,26,29-32,43H,1,3,6,17-23H2,2,4H3/t24?,26-,29-,30+,31+,32?,36?/m1/s1. The van der Waals surface area contributed by atoms with Crippen molar-refractivity contribution in [3.8, 4) is 0 Å². The van der Waals surface area contributed by atoms with E-state index in [2.05, 4.69) is 30.4 Å². The van der Waals surface area contributed by atoms with Crippen LogP contribution in [-0.2, 0) is 27.5 Å². The lowest BCUT2D eigenvalue weighted by Crippen LogP contribution is -2.59. The number of nitrogens with zero attached hydrogens (tertiary/aromatic N) is 6. The van der Waals surface area contributed by atoms with E-state index in [1.165, 1.54) is 0 Å². The van der Waals surface area contributed by atoms with Gasteiger partial charge in [0.2, 0.25) is 17.7 Å². The summed E-state index contributed by atoms with van der Waals surface area (Å²) in [6.45, 7) is 12.9. The van der Waals surface area contributed by atoms with E-state index in [9.17, 15) is 14.7 Å². The van der Waals surface area contributed by atoms with Crippen LogP contribution in [0.3, 0.4) is 0 Å². The topological polar surface area (TPSA) is 112 Å². The monoisotopic (exact) mass is 656 g/mol. The lowest BCUT2D eigenvalue weighted by atomic mass is 9.65. The first-order chi connectivity index (χ1) is 22.8. The minimum absolute atomic E-state index is 0.0117. The van der Waals surface area contributed by atoms with Crippen molar-refractivity contribution in [2.45, 2.75) is 61.9 Å². The van der Waals surface area contributed by atoms with E-state index in [4.69, 9.17) is 0 Å². The number of thioether (sulfide) groups is 1. The molecule has 1 aromatic heterocycles. The van der Waals surface area contributed by atoms with Crippen LogP contribution in [0.25, 0.3) is 11.0 Å². The second-order valence-corrected chi connectivity index (χ2v) is 14.5. The SMILES string of the molecule is C=CCN(Cn1nnc2ccccc21)C(=O)C1N([C@@H](CO)Cc2ccccc2)C(=O)[C@@H]2[C@@H](C(=O)N(CC=C)CCC)[C@H]3CC(C)C12S3. The molecule has 2 bridgehead atoms. The predicted octanol–water partition coefficient (Wildman–Crippen LogP) is 3.77. The highest BCUT2D eigenvalue weighted by Crippen LogP contribution is 2.69. The number of carbonyl (C=O) groups excluding carboxylic acids is 3. The Bertz CT molecular complexity index is 1650.